The smallest absolute Gasteiger partial charge is 0.267 e. The molecule has 134 valence electrons. The summed E-state index contributed by atoms with van der Waals surface area (Å²) in [5, 5.41) is 15.4. The maximum absolute atomic E-state index is 12.4. The van der Waals surface area contributed by atoms with E-state index in [0.717, 1.165) is 29.7 Å². The van der Waals surface area contributed by atoms with Crippen LogP contribution in [0.1, 0.15) is 25.0 Å². The third-order valence-electron chi connectivity index (χ3n) is 3.97. The number of hydrogen-bond acceptors (Lipinski definition) is 4. The molecule has 0 aliphatic carbocycles. The highest BCUT2D eigenvalue weighted by atomic mass is 35.5. The number of rotatable bonds is 6. The van der Waals surface area contributed by atoms with Crippen molar-refractivity contribution in [2.45, 2.75) is 26.7 Å². The number of carbonyl (C=O) groups excluding carboxylic acids is 1. The van der Waals surface area contributed by atoms with Crippen LogP contribution in [-0.4, -0.2) is 5.91 Å². The van der Waals surface area contributed by atoms with Crippen molar-refractivity contribution >= 4 is 34.6 Å². The summed E-state index contributed by atoms with van der Waals surface area (Å²) in [7, 11) is 0. The predicted octanol–water partition coefficient (Wildman–Crippen LogP) is 4.51. The summed E-state index contributed by atoms with van der Waals surface area (Å²) in [6.45, 7) is 4.12. The van der Waals surface area contributed by atoms with E-state index in [-0.39, 0.29) is 5.57 Å². The van der Waals surface area contributed by atoms with E-state index in [1.54, 1.807) is 12.1 Å². The third-order valence-corrected chi connectivity index (χ3v) is 4.28. The second kappa shape index (κ2) is 8.93. The number of carbonyl (C=O) groups is 1. The largest absolute Gasteiger partial charge is 0.399 e. The standard InChI is InChI=1S/C20H21ClN4O/c1-3-13-6-5-7-14(4-2)19(13)24-12-15(11-22)20(26)25-18-9-8-16(23)10-17(18)21/h5-10,12,24H,3-4,23H2,1-2H3,(H,25,26)/b15-12-. The van der Waals surface area contributed by atoms with E-state index < -0.39 is 5.91 Å². The van der Waals surface area contributed by atoms with Crippen molar-refractivity contribution in [1.29, 1.82) is 5.26 Å². The molecular weight excluding hydrogens is 348 g/mol. The first kappa shape index (κ1) is 19.4. The Morgan fingerprint density at radius 2 is 1.88 bits per heavy atom. The van der Waals surface area contributed by atoms with Gasteiger partial charge in [0.1, 0.15) is 11.6 Å². The minimum absolute atomic E-state index is 0.0501. The van der Waals surface area contributed by atoms with E-state index in [4.69, 9.17) is 17.3 Å². The molecular formula is C20H21ClN4O. The van der Waals surface area contributed by atoms with Crippen LogP contribution in [0.3, 0.4) is 0 Å². The molecule has 0 heterocycles. The van der Waals surface area contributed by atoms with E-state index in [2.05, 4.69) is 24.5 Å². The van der Waals surface area contributed by atoms with Gasteiger partial charge in [-0.2, -0.15) is 5.26 Å². The molecule has 2 aromatic carbocycles. The van der Waals surface area contributed by atoms with Crippen LogP contribution < -0.4 is 16.4 Å². The van der Waals surface area contributed by atoms with Gasteiger partial charge in [0.15, 0.2) is 0 Å². The number of nitrogens with one attached hydrogen (secondary N) is 2. The Kier molecular flexibility index (Phi) is 6.65. The van der Waals surface area contributed by atoms with Gasteiger partial charge in [-0.25, -0.2) is 0 Å². The Morgan fingerprint density at radius 1 is 1.23 bits per heavy atom. The molecule has 2 rings (SSSR count). The monoisotopic (exact) mass is 368 g/mol. The number of nitrogens with two attached hydrogens (primary N) is 1. The minimum Gasteiger partial charge on any atom is -0.399 e. The van der Waals surface area contributed by atoms with Crippen molar-refractivity contribution in [1.82, 2.24) is 0 Å². The topological polar surface area (TPSA) is 90.9 Å². The zero-order chi connectivity index (χ0) is 19.1. The fraction of sp³-hybridized carbons (Fsp3) is 0.200. The normalized spacial score (nSPS) is 10.9. The first-order valence-electron chi connectivity index (χ1n) is 8.34. The van der Waals surface area contributed by atoms with Gasteiger partial charge in [0.05, 0.1) is 10.7 Å². The summed E-state index contributed by atoms with van der Waals surface area (Å²) in [5.41, 5.74) is 9.67. The van der Waals surface area contributed by atoms with Crippen molar-refractivity contribution in [2.24, 2.45) is 0 Å². The highest BCUT2D eigenvalue weighted by molar-refractivity contribution is 6.34. The van der Waals surface area contributed by atoms with Crippen molar-refractivity contribution < 1.29 is 4.79 Å². The van der Waals surface area contributed by atoms with E-state index in [1.165, 1.54) is 12.3 Å². The summed E-state index contributed by atoms with van der Waals surface area (Å²) in [5.74, 6) is -0.543. The molecule has 26 heavy (non-hydrogen) atoms. The second-order valence-electron chi connectivity index (χ2n) is 5.67. The number of para-hydroxylation sites is 1. The van der Waals surface area contributed by atoms with Gasteiger partial charge in [0.2, 0.25) is 0 Å². The molecule has 4 N–H and O–H groups in total. The number of anilines is 3. The number of aryl methyl sites for hydroxylation is 2. The van der Waals surface area contributed by atoms with Gasteiger partial charge in [-0.05, 0) is 42.2 Å². The number of amides is 1. The maximum Gasteiger partial charge on any atom is 0.267 e. The van der Waals surface area contributed by atoms with E-state index in [9.17, 15) is 10.1 Å². The highest BCUT2D eigenvalue weighted by Gasteiger charge is 2.12. The number of nitriles is 1. The molecule has 0 fully saturated rings. The Hall–Kier alpha value is -2.97. The molecule has 0 atom stereocenters. The zero-order valence-corrected chi connectivity index (χ0v) is 15.5. The van der Waals surface area contributed by atoms with Crippen molar-refractivity contribution in [2.75, 3.05) is 16.4 Å². The van der Waals surface area contributed by atoms with Crippen LogP contribution >= 0.6 is 11.6 Å². The number of halogens is 1. The fourth-order valence-electron chi connectivity index (χ4n) is 2.54. The average Bonchev–Trinajstić information content (AvgIpc) is 2.64. The van der Waals surface area contributed by atoms with Crippen LogP contribution in [0.2, 0.25) is 5.02 Å². The van der Waals surface area contributed by atoms with Gasteiger partial charge < -0.3 is 16.4 Å². The quantitative estimate of drug-likeness (QED) is 0.397. The molecule has 5 nitrogen and oxygen atoms in total. The summed E-state index contributed by atoms with van der Waals surface area (Å²) in [6.07, 6.45) is 3.12. The molecule has 2 aromatic rings. The predicted molar refractivity (Wildman–Crippen MR) is 107 cm³/mol. The van der Waals surface area contributed by atoms with Gasteiger partial charge in [0.25, 0.3) is 5.91 Å². The van der Waals surface area contributed by atoms with Gasteiger partial charge >= 0.3 is 0 Å². The van der Waals surface area contributed by atoms with Crippen molar-refractivity contribution in [3.8, 4) is 6.07 Å². The summed E-state index contributed by atoms with van der Waals surface area (Å²) < 4.78 is 0. The number of nitrogen functional groups attached to an aromatic ring is 1. The first-order chi connectivity index (χ1) is 12.5. The van der Waals surface area contributed by atoms with Crippen LogP contribution in [0.25, 0.3) is 0 Å². The molecule has 1 amide bonds. The minimum atomic E-state index is -0.543. The molecule has 0 unspecified atom stereocenters. The SMILES string of the molecule is CCc1cccc(CC)c1N/C=C(/C#N)C(=O)Nc1ccc(N)cc1Cl. The van der Waals surface area contributed by atoms with Gasteiger partial charge in [0, 0.05) is 17.6 Å². The zero-order valence-electron chi connectivity index (χ0n) is 14.8. The molecule has 0 bridgehead atoms. The lowest BCUT2D eigenvalue weighted by atomic mass is 10.0. The molecule has 0 spiro atoms. The van der Waals surface area contributed by atoms with Crippen LogP contribution in [-0.2, 0) is 17.6 Å². The maximum atomic E-state index is 12.4. The van der Waals surface area contributed by atoms with Crippen LogP contribution in [0.5, 0.6) is 0 Å². The lowest BCUT2D eigenvalue weighted by Crippen LogP contribution is -2.15. The Morgan fingerprint density at radius 3 is 2.42 bits per heavy atom. The first-order valence-corrected chi connectivity index (χ1v) is 8.71. The second-order valence-corrected chi connectivity index (χ2v) is 6.07. The summed E-state index contributed by atoms with van der Waals surface area (Å²) in [6, 6.07) is 12.7. The van der Waals surface area contributed by atoms with E-state index in [0.29, 0.717) is 16.4 Å². The lowest BCUT2D eigenvalue weighted by molar-refractivity contribution is -0.112. The van der Waals surface area contributed by atoms with Gasteiger partial charge in [-0.3, -0.25) is 4.79 Å². The Bertz CT molecular complexity index is 862. The van der Waals surface area contributed by atoms with E-state index in [1.807, 2.05) is 24.3 Å². The number of hydrogen-bond donors (Lipinski definition) is 3. The van der Waals surface area contributed by atoms with Gasteiger partial charge in [-0.1, -0.05) is 43.6 Å². The number of nitrogens with zero attached hydrogens (tertiary/aromatic N) is 1. The van der Waals surface area contributed by atoms with Crippen LogP contribution in [0.4, 0.5) is 17.1 Å². The molecule has 0 saturated heterocycles. The highest BCUT2D eigenvalue weighted by Crippen LogP contribution is 2.25. The van der Waals surface area contributed by atoms with Crippen molar-refractivity contribution in [3.05, 3.63) is 64.3 Å². The lowest BCUT2D eigenvalue weighted by Gasteiger charge is -2.13. The van der Waals surface area contributed by atoms with Crippen LogP contribution in [0, 0.1) is 11.3 Å². The molecule has 0 aliphatic rings. The molecule has 0 aliphatic heterocycles. The average molecular weight is 369 g/mol. The summed E-state index contributed by atoms with van der Waals surface area (Å²) >= 11 is 6.06. The summed E-state index contributed by atoms with van der Waals surface area (Å²) in [4.78, 5) is 12.4. The Labute approximate surface area is 158 Å². The van der Waals surface area contributed by atoms with E-state index >= 15 is 0 Å². The third kappa shape index (κ3) is 4.56. The fourth-order valence-corrected chi connectivity index (χ4v) is 2.78. The molecule has 0 radical (unpaired) electrons. The number of benzene rings is 2. The molecule has 0 saturated carbocycles. The van der Waals surface area contributed by atoms with Gasteiger partial charge in [-0.15, -0.1) is 0 Å². The van der Waals surface area contributed by atoms with Crippen LogP contribution in [0.15, 0.2) is 48.2 Å². The molecule has 0 aromatic heterocycles. The molecule has 6 heteroatoms. The van der Waals surface area contributed by atoms with Crippen molar-refractivity contribution in [3.63, 3.8) is 0 Å². The Balaban J connectivity index is 2.23.